The van der Waals surface area contributed by atoms with Gasteiger partial charge in [0, 0.05) is 18.8 Å². The third-order valence-electron chi connectivity index (χ3n) is 1.15. The molecule has 0 aromatic carbocycles. The molecule has 0 unspecified atom stereocenters. The number of hydrogen-bond acceptors (Lipinski definition) is 4. The molecular formula is C6H12N4S. The first-order valence-electron chi connectivity index (χ1n) is 3.42. The molecule has 0 aliphatic heterocycles. The van der Waals surface area contributed by atoms with Crippen LogP contribution in [0.1, 0.15) is 6.92 Å². The predicted octanol–water partition coefficient (Wildman–Crippen LogP) is 0.254. The van der Waals surface area contributed by atoms with Gasteiger partial charge in [-0.15, -0.1) is 0 Å². The maximum absolute atomic E-state index is 5.58. The fraction of sp³-hybridized carbons (Fsp3) is 0.667. The first-order chi connectivity index (χ1) is 5.20. The van der Waals surface area contributed by atoms with E-state index < -0.39 is 0 Å². The SMILES string of the molecule is C[C@H](N)CSc1ncnn1C. The predicted molar refractivity (Wildman–Crippen MR) is 45.4 cm³/mol. The molecule has 0 fully saturated rings. The number of thioether (sulfide) groups is 1. The number of nitrogens with zero attached hydrogens (tertiary/aromatic N) is 3. The standard InChI is InChI=1S/C6H12N4S/c1-5(7)3-11-6-8-4-9-10(6)2/h4-5H,3,7H2,1-2H3/t5-/m0/s1. The van der Waals surface area contributed by atoms with E-state index in [4.69, 9.17) is 5.73 Å². The molecule has 1 atom stereocenters. The minimum absolute atomic E-state index is 0.205. The van der Waals surface area contributed by atoms with Crippen molar-refractivity contribution < 1.29 is 0 Å². The van der Waals surface area contributed by atoms with Gasteiger partial charge in [-0.05, 0) is 6.92 Å². The summed E-state index contributed by atoms with van der Waals surface area (Å²) in [6.45, 7) is 1.98. The molecule has 0 saturated carbocycles. The second-order valence-corrected chi connectivity index (χ2v) is 3.44. The number of aryl methyl sites for hydroxylation is 1. The van der Waals surface area contributed by atoms with Crippen molar-refractivity contribution >= 4 is 11.8 Å². The molecule has 62 valence electrons. The van der Waals surface area contributed by atoms with Gasteiger partial charge >= 0.3 is 0 Å². The van der Waals surface area contributed by atoms with Crippen LogP contribution in [0, 0.1) is 0 Å². The molecule has 0 aliphatic rings. The number of aromatic nitrogens is 3. The van der Waals surface area contributed by atoms with E-state index in [0.29, 0.717) is 0 Å². The second kappa shape index (κ2) is 3.73. The molecule has 4 nitrogen and oxygen atoms in total. The van der Waals surface area contributed by atoms with Gasteiger partial charge in [0.1, 0.15) is 6.33 Å². The molecule has 1 heterocycles. The zero-order valence-electron chi connectivity index (χ0n) is 6.69. The van der Waals surface area contributed by atoms with Crippen molar-refractivity contribution in [1.29, 1.82) is 0 Å². The lowest BCUT2D eigenvalue weighted by molar-refractivity contribution is 0.683. The van der Waals surface area contributed by atoms with Crippen molar-refractivity contribution in [1.82, 2.24) is 14.8 Å². The largest absolute Gasteiger partial charge is 0.327 e. The lowest BCUT2D eigenvalue weighted by atomic mass is 10.4. The molecule has 11 heavy (non-hydrogen) atoms. The summed E-state index contributed by atoms with van der Waals surface area (Å²) in [6.07, 6.45) is 1.55. The Balaban J connectivity index is 2.44. The highest BCUT2D eigenvalue weighted by Gasteiger charge is 2.01. The van der Waals surface area contributed by atoms with Crippen LogP contribution in [0.25, 0.3) is 0 Å². The average molecular weight is 172 g/mol. The van der Waals surface area contributed by atoms with Crippen LogP contribution in [0.5, 0.6) is 0 Å². The molecule has 1 aromatic rings. The van der Waals surface area contributed by atoms with Crippen LogP contribution >= 0.6 is 11.8 Å². The number of nitrogens with two attached hydrogens (primary N) is 1. The van der Waals surface area contributed by atoms with E-state index >= 15 is 0 Å². The minimum atomic E-state index is 0.205. The Labute approximate surface area is 70.2 Å². The van der Waals surface area contributed by atoms with Crippen LogP contribution in [0.2, 0.25) is 0 Å². The highest BCUT2D eigenvalue weighted by Crippen LogP contribution is 2.12. The van der Waals surface area contributed by atoms with Gasteiger partial charge in [-0.2, -0.15) is 5.10 Å². The summed E-state index contributed by atoms with van der Waals surface area (Å²) in [7, 11) is 1.87. The molecular weight excluding hydrogens is 160 g/mol. The molecule has 0 saturated heterocycles. The Morgan fingerprint density at radius 1 is 1.82 bits per heavy atom. The lowest BCUT2D eigenvalue weighted by Crippen LogP contribution is -2.17. The summed E-state index contributed by atoms with van der Waals surface area (Å²) in [5.41, 5.74) is 5.58. The van der Waals surface area contributed by atoms with Crippen LogP contribution in [0.4, 0.5) is 0 Å². The van der Waals surface area contributed by atoms with Crippen molar-refractivity contribution in [3.05, 3.63) is 6.33 Å². The van der Waals surface area contributed by atoms with Crippen molar-refractivity contribution in [2.75, 3.05) is 5.75 Å². The van der Waals surface area contributed by atoms with Gasteiger partial charge < -0.3 is 5.73 Å². The van der Waals surface area contributed by atoms with Gasteiger partial charge in [-0.3, -0.25) is 0 Å². The normalized spacial score (nSPS) is 13.4. The minimum Gasteiger partial charge on any atom is -0.327 e. The van der Waals surface area contributed by atoms with Crippen LogP contribution in [0.15, 0.2) is 11.5 Å². The number of hydrogen-bond donors (Lipinski definition) is 1. The maximum Gasteiger partial charge on any atom is 0.185 e. The number of rotatable bonds is 3. The van der Waals surface area contributed by atoms with Crippen molar-refractivity contribution in [3.8, 4) is 0 Å². The Hall–Kier alpha value is -0.550. The van der Waals surface area contributed by atoms with Gasteiger partial charge in [0.2, 0.25) is 0 Å². The summed E-state index contributed by atoms with van der Waals surface area (Å²) in [6, 6.07) is 0.205. The van der Waals surface area contributed by atoms with Gasteiger partial charge in [0.15, 0.2) is 5.16 Å². The average Bonchev–Trinajstić information content (AvgIpc) is 2.31. The maximum atomic E-state index is 5.58. The molecule has 0 radical (unpaired) electrons. The van der Waals surface area contributed by atoms with Gasteiger partial charge in [0.05, 0.1) is 0 Å². The van der Waals surface area contributed by atoms with E-state index in [1.165, 1.54) is 0 Å². The molecule has 0 amide bonds. The third-order valence-corrected chi connectivity index (χ3v) is 2.47. The van der Waals surface area contributed by atoms with Crippen LogP contribution in [0.3, 0.4) is 0 Å². The molecule has 0 aliphatic carbocycles. The third kappa shape index (κ3) is 2.51. The van der Waals surface area contributed by atoms with E-state index in [1.807, 2.05) is 14.0 Å². The summed E-state index contributed by atoms with van der Waals surface area (Å²) >= 11 is 1.63. The topological polar surface area (TPSA) is 56.7 Å². The van der Waals surface area contributed by atoms with E-state index in [-0.39, 0.29) is 6.04 Å². The van der Waals surface area contributed by atoms with Crippen molar-refractivity contribution in [2.45, 2.75) is 18.1 Å². The summed E-state index contributed by atoms with van der Waals surface area (Å²) in [5.74, 6) is 0.881. The first kappa shape index (κ1) is 8.55. The van der Waals surface area contributed by atoms with E-state index in [0.717, 1.165) is 10.9 Å². The fourth-order valence-electron chi connectivity index (χ4n) is 0.622. The Morgan fingerprint density at radius 3 is 3.00 bits per heavy atom. The van der Waals surface area contributed by atoms with Crippen LogP contribution < -0.4 is 5.73 Å². The van der Waals surface area contributed by atoms with Gasteiger partial charge in [-0.25, -0.2) is 9.67 Å². The Bertz CT molecular complexity index is 220. The molecule has 5 heteroatoms. The van der Waals surface area contributed by atoms with Crippen LogP contribution in [-0.2, 0) is 7.05 Å². The molecule has 0 bridgehead atoms. The highest BCUT2D eigenvalue weighted by molar-refractivity contribution is 7.99. The Morgan fingerprint density at radius 2 is 2.55 bits per heavy atom. The summed E-state index contributed by atoms with van der Waals surface area (Å²) < 4.78 is 1.74. The van der Waals surface area contributed by atoms with E-state index in [9.17, 15) is 0 Å². The first-order valence-corrected chi connectivity index (χ1v) is 4.41. The monoisotopic (exact) mass is 172 g/mol. The molecule has 1 aromatic heterocycles. The molecule has 2 N–H and O–H groups in total. The Kier molecular flexibility index (Phi) is 2.90. The summed E-state index contributed by atoms with van der Waals surface area (Å²) in [5, 5.41) is 4.86. The zero-order chi connectivity index (χ0) is 8.27. The smallest absolute Gasteiger partial charge is 0.185 e. The second-order valence-electron chi connectivity index (χ2n) is 2.45. The zero-order valence-corrected chi connectivity index (χ0v) is 7.51. The summed E-state index contributed by atoms with van der Waals surface area (Å²) in [4.78, 5) is 4.05. The quantitative estimate of drug-likeness (QED) is 0.664. The van der Waals surface area contributed by atoms with E-state index in [2.05, 4.69) is 10.1 Å². The van der Waals surface area contributed by atoms with E-state index in [1.54, 1.807) is 22.8 Å². The van der Waals surface area contributed by atoms with Gasteiger partial charge in [0.25, 0.3) is 0 Å². The molecule has 0 spiro atoms. The lowest BCUT2D eigenvalue weighted by Gasteiger charge is -2.02. The molecule has 1 rings (SSSR count). The van der Waals surface area contributed by atoms with Crippen molar-refractivity contribution in [3.63, 3.8) is 0 Å². The van der Waals surface area contributed by atoms with Crippen LogP contribution in [-0.4, -0.2) is 26.6 Å². The highest BCUT2D eigenvalue weighted by atomic mass is 32.2. The van der Waals surface area contributed by atoms with Gasteiger partial charge in [-0.1, -0.05) is 11.8 Å². The fourth-order valence-corrected chi connectivity index (χ4v) is 1.39. The van der Waals surface area contributed by atoms with Crippen molar-refractivity contribution in [2.24, 2.45) is 12.8 Å².